The molecule has 108 valence electrons. The van der Waals surface area contributed by atoms with Gasteiger partial charge in [-0.3, -0.25) is 0 Å². The van der Waals surface area contributed by atoms with E-state index in [4.69, 9.17) is 0 Å². The van der Waals surface area contributed by atoms with Crippen molar-refractivity contribution in [1.29, 1.82) is 0 Å². The molecular formula is C12H33Sb3Si3. The summed E-state index contributed by atoms with van der Waals surface area (Å²) in [5.41, 5.74) is 0. The molecular weight excluding hydrogens is 594 g/mol. The van der Waals surface area contributed by atoms with Crippen molar-refractivity contribution >= 4 is 93.3 Å². The van der Waals surface area contributed by atoms with E-state index in [-0.39, 0.29) is 0 Å². The fraction of sp³-hybridized carbons (Fsp3) is 1.00. The predicted octanol–water partition coefficient (Wildman–Crippen LogP) is 4.35. The molecule has 0 aromatic heterocycles. The second-order valence-corrected chi connectivity index (χ2v) is 32.6. The Balaban J connectivity index is -0.000000187. The monoisotopic (exact) mass is 624 g/mol. The molecule has 0 atom stereocenters. The Morgan fingerprint density at radius 2 is 0.500 bits per heavy atom. The molecule has 0 aromatic carbocycles. The van der Waals surface area contributed by atoms with Crippen LogP contribution in [0.15, 0.2) is 0 Å². The zero-order valence-corrected chi connectivity index (χ0v) is 24.6. The van der Waals surface area contributed by atoms with Gasteiger partial charge in [-0.15, -0.1) is 0 Å². The first-order chi connectivity index (χ1) is 7.68. The van der Waals surface area contributed by atoms with Crippen molar-refractivity contribution in [3.05, 3.63) is 0 Å². The van der Waals surface area contributed by atoms with E-state index in [1.807, 2.05) is 69.1 Å². The van der Waals surface area contributed by atoms with Crippen molar-refractivity contribution in [2.75, 3.05) is 0 Å². The van der Waals surface area contributed by atoms with Crippen molar-refractivity contribution < 1.29 is 0 Å². The minimum absolute atomic E-state index is 0.609. The summed E-state index contributed by atoms with van der Waals surface area (Å²) >= 11 is 5.88. The minimum atomic E-state index is -0.609. The van der Waals surface area contributed by atoms with Gasteiger partial charge < -0.3 is 0 Å². The van der Waals surface area contributed by atoms with Crippen LogP contribution < -0.4 is 0 Å². The zero-order valence-electron chi connectivity index (χ0n) is 14.0. The van der Waals surface area contributed by atoms with Crippen LogP contribution in [0.2, 0.25) is 70.9 Å². The summed E-state index contributed by atoms with van der Waals surface area (Å²) in [7, 11) is -1.83. The van der Waals surface area contributed by atoms with Crippen LogP contribution in [0.25, 0.3) is 0 Å². The van der Waals surface area contributed by atoms with Crippen molar-refractivity contribution in [2.24, 2.45) is 0 Å². The summed E-state index contributed by atoms with van der Waals surface area (Å²) in [5, 5.41) is 0. The molecule has 0 rings (SSSR count). The van der Waals surface area contributed by atoms with E-state index < -0.39 is 24.2 Å². The molecule has 0 aliphatic heterocycles. The normalized spacial score (nSPS) is 12.0. The number of hydrogen-bond acceptors (Lipinski definition) is 0. The first kappa shape index (κ1) is 26.0. The predicted molar refractivity (Wildman–Crippen MR) is 102 cm³/mol. The number of hydrogen-bond donors (Lipinski definition) is 0. The summed E-state index contributed by atoms with van der Waals surface area (Å²) in [4.78, 5) is 0. The van der Waals surface area contributed by atoms with Crippen LogP contribution in [0.1, 0.15) is 0 Å². The molecule has 0 amide bonds. The molecule has 0 aromatic rings. The van der Waals surface area contributed by atoms with Crippen LogP contribution in [0.4, 0.5) is 0 Å². The van der Waals surface area contributed by atoms with Crippen molar-refractivity contribution in [2.45, 2.75) is 70.9 Å². The molecule has 0 heterocycles. The van der Waals surface area contributed by atoms with Crippen LogP contribution >= 0.6 is 0 Å². The van der Waals surface area contributed by atoms with E-state index >= 15 is 0 Å². The van der Waals surface area contributed by atoms with E-state index in [1.54, 1.807) is 0 Å². The molecule has 0 nitrogen and oxygen atoms in total. The average molecular weight is 627 g/mol. The molecule has 0 bridgehead atoms. The summed E-state index contributed by atoms with van der Waals surface area (Å²) in [6.07, 6.45) is 0. The molecule has 0 unspecified atom stereocenters. The molecule has 6 radical (unpaired) electrons. The third kappa shape index (κ3) is 42.7. The molecule has 0 spiro atoms. The number of rotatable bonds is 3. The molecule has 0 N–H and O–H groups in total. The van der Waals surface area contributed by atoms with Crippen molar-refractivity contribution in [3.8, 4) is 0 Å². The maximum atomic E-state index is 2.39. The van der Waals surface area contributed by atoms with E-state index in [0.29, 0.717) is 0 Å². The Hall–Kier alpha value is 3.11. The van der Waals surface area contributed by atoms with Crippen LogP contribution in [0.5, 0.6) is 0 Å². The van der Waals surface area contributed by atoms with E-state index in [2.05, 4.69) is 58.9 Å². The molecule has 0 saturated carbocycles. The van der Waals surface area contributed by atoms with Gasteiger partial charge in [-0.1, -0.05) is 0 Å². The summed E-state index contributed by atoms with van der Waals surface area (Å²) in [6, 6.07) is 0. The Labute approximate surface area is 162 Å². The van der Waals surface area contributed by atoms with Crippen LogP contribution in [0, 0.1) is 0 Å². The van der Waals surface area contributed by atoms with Gasteiger partial charge >= 0.3 is 164 Å². The van der Waals surface area contributed by atoms with Gasteiger partial charge in [0.1, 0.15) is 0 Å². The third-order valence-electron chi connectivity index (χ3n) is 1.42. The van der Waals surface area contributed by atoms with Gasteiger partial charge in [0.15, 0.2) is 0 Å². The van der Waals surface area contributed by atoms with Crippen LogP contribution in [0.3, 0.4) is 0 Å². The maximum absolute atomic E-state index is 2.39. The van der Waals surface area contributed by atoms with Gasteiger partial charge in [-0.2, -0.15) is 0 Å². The van der Waals surface area contributed by atoms with Crippen LogP contribution in [-0.4, -0.2) is 93.3 Å². The van der Waals surface area contributed by atoms with Gasteiger partial charge in [0, 0.05) is 0 Å². The third-order valence-corrected chi connectivity index (χ3v) is 28.6. The zero-order chi connectivity index (χ0) is 15.6. The second-order valence-electron chi connectivity index (χ2n) is 8.16. The molecule has 0 aliphatic rings. The fourth-order valence-electron chi connectivity index (χ4n) is 0. The first-order valence-corrected chi connectivity index (χ1v) is 23.0. The van der Waals surface area contributed by atoms with E-state index in [9.17, 15) is 0 Å². The van der Waals surface area contributed by atoms with Gasteiger partial charge in [0.2, 0.25) is 0 Å². The first-order valence-electron chi connectivity index (χ1n) is 6.51. The summed E-state index contributed by atoms with van der Waals surface area (Å²) in [6.45, 7) is 21.6. The summed E-state index contributed by atoms with van der Waals surface area (Å²) in [5.74, 6) is 0. The molecule has 6 heteroatoms. The second kappa shape index (κ2) is 12.6. The molecule has 0 saturated heterocycles. The average Bonchev–Trinajstić information content (AvgIpc) is 2.16. The van der Waals surface area contributed by atoms with Gasteiger partial charge in [0.25, 0.3) is 0 Å². The van der Waals surface area contributed by atoms with E-state index in [0.717, 1.165) is 0 Å². The standard InChI is InChI=1S/3C4H11Si.3Sb/c3*1-5(2,3)4;;;/h3*1H2,2-4H3;;;. The van der Waals surface area contributed by atoms with Crippen molar-refractivity contribution in [3.63, 3.8) is 0 Å². The summed E-state index contributed by atoms with van der Waals surface area (Å²) < 4.78 is 4.38. The fourth-order valence-corrected chi connectivity index (χ4v) is 0. The van der Waals surface area contributed by atoms with E-state index in [1.165, 1.54) is 12.0 Å². The van der Waals surface area contributed by atoms with Crippen molar-refractivity contribution in [1.82, 2.24) is 0 Å². The Morgan fingerprint density at radius 1 is 0.444 bits per heavy atom. The molecule has 18 heavy (non-hydrogen) atoms. The van der Waals surface area contributed by atoms with Gasteiger partial charge in [0.05, 0.1) is 0 Å². The van der Waals surface area contributed by atoms with Gasteiger partial charge in [-0.05, 0) is 0 Å². The Morgan fingerprint density at radius 3 is 0.500 bits per heavy atom. The molecule has 0 aliphatic carbocycles. The van der Waals surface area contributed by atoms with Crippen LogP contribution in [-0.2, 0) is 0 Å². The molecule has 0 fully saturated rings. The Kier molecular flexibility index (Phi) is 18.3. The Bertz CT molecular complexity index is 145. The topological polar surface area (TPSA) is 0 Å². The van der Waals surface area contributed by atoms with Gasteiger partial charge in [-0.25, -0.2) is 0 Å². The quantitative estimate of drug-likeness (QED) is 0.409. The SMILES string of the molecule is C[Si](C)(C)[CH2][Sb].C[Si](C)(C)[CH2][Sb].C[Si](C)(C)[CH2][Sb].